The van der Waals surface area contributed by atoms with Crippen molar-refractivity contribution in [2.45, 2.75) is 31.5 Å². The highest BCUT2D eigenvalue weighted by atomic mass is 19.4. The molecule has 1 aromatic carbocycles. The Morgan fingerprint density at radius 2 is 1.75 bits per heavy atom. The van der Waals surface area contributed by atoms with Crippen molar-refractivity contribution in [1.29, 1.82) is 0 Å². The van der Waals surface area contributed by atoms with Crippen molar-refractivity contribution in [3.63, 3.8) is 0 Å². The average Bonchev–Trinajstić information content (AvgIpc) is 3.47. The fourth-order valence-corrected chi connectivity index (χ4v) is 4.14. The molecule has 2 fully saturated rings. The predicted octanol–water partition coefficient (Wildman–Crippen LogP) is 1.98. The molecule has 0 bridgehead atoms. The maximum atomic E-state index is 12.8. The standard InChI is InChI=1S/C21H24F3N5O3/c22-21(23,24)20(31)29-9-4-7-16(29)19(30)28-13-11-27(12-14-28)10-8-17-25-26-18(32-17)15-5-2-1-3-6-15/h1-3,5-6,16H,4,7-14H2. The van der Waals surface area contributed by atoms with E-state index in [9.17, 15) is 22.8 Å². The van der Waals surface area contributed by atoms with Crippen molar-refractivity contribution in [3.8, 4) is 11.5 Å². The van der Waals surface area contributed by atoms with Crippen LogP contribution in [0.4, 0.5) is 13.2 Å². The first-order valence-electron chi connectivity index (χ1n) is 10.6. The summed E-state index contributed by atoms with van der Waals surface area (Å²) in [6.07, 6.45) is -3.74. The molecule has 32 heavy (non-hydrogen) atoms. The van der Waals surface area contributed by atoms with Crippen LogP contribution in [0.15, 0.2) is 34.7 Å². The quantitative estimate of drug-likeness (QED) is 0.692. The number of amides is 2. The molecular formula is C21H24F3N5O3. The summed E-state index contributed by atoms with van der Waals surface area (Å²) >= 11 is 0. The van der Waals surface area contributed by atoms with Crippen molar-refractivity contribution in [1.82, 2.24) is 24.9 Å². The van der Waals surface area contributed by atoms with E-state index in [0.717, 1.165) is 5.56 Å². The van der Waals surface area contributed by atoms with Gasteiger partial charge in [-0.2, -0.15) is 13.2 Å². The highest BCUT2D eigenvalue weighted by Crippen LogP contribution is 2.27. The molecule has 0 saturated carbocycles. The third-order valence-electron chi connectivity index (χ3n) is 5.85. The summed E-state index contributed by atoms with van der Waals surface area (Å²) in [6.45, 7) is 2.62. The third-order valence-corrected chi connectivity index (χ3v) is 5.85. The molecule has 2 aromatic rings. The lowest BCUT2D eigenvalue weighted by Crippen LogP contribution is -2.55. The topological polar surface area (TPSA) is 82.8 Å². The van der Waals surface area contributed by atoms with E-state index in [4.69, 9.17) is 4.42 Å². The number of aromatic nitrogens is 2. The Hall–Kier alpha value is -2.95. The lowest BCUT2D eigenvalue weighted by Gasteiger charge is -2.37. The van der Waals surface area contributed by atoms with Crippen LogP contribution in [0.1, 0.15) is 18.7 Å². The number of rotatable bonds is 5. The minimum Gasteiger partial charge on any atom is -0.421 e. The van der Waals surface area contributed by atoms with Gasteiger partial charge in [-0.1, -0.05) is 18.2 Å². The Kier molecular flexibility index (Phi) is 6.45. The fraction of sp³-hybridized carbons (Fsp3) is 0.524. The molecule has 2 aliphatic rings. The Bertz CT molecular complexity index is 942. The van der Waals surface area contributed by atoms with Gasteiger partial charge in [-0.05, 0) is 25.0 Å². The molecule has 8 nitrogen and oxygen atoms in total. The minimum absolute atomic E-state index is 0.0378. The SMILES string of the molecule is O=C(C1CCCN1C(=O)C(F)(F)F)N1CCN(CCc2nnc(-c3ccccc3)o2)CC1. The van der Waals surface area contributed by atoms with Crippen LogP contribution in [0.3, 0.4) is 0 Å². The summed E-state index contributed by atoms with van der Waals surface area (Å²) in [6, 6.07) is 8.45. The van der Waals surface area contributed by atoms with E-state index in [0.29, 0.717) is 62.2 Å². The number of piperazine rings is 1. The predicted molar refractivity (Wildman–Crippen MR) is 107 cm³/mol. The summed E-state index contributed by atoms with van der Waals surface area (Å²) in [5, 5.41) is 8.15. The summed E-state index contributed by atoms with van der Waals surface area (Å²) in [4.78, 5) is 28.8. The Morgan fingerprint density at radius 3 is 2.44 bits per heavy atom. The first-order valence-corrected chi connectivity index (χ1v) is 10.6. The van der Waals surface area contributed by atoms with Gasteiger partial charge in [0.25, 0.3) is 0 Å². The van der Waals surface area contributed by atoms with Crippen molar-refractivity contribution >= 4 is 11.8 Å². The molecule has 1 aromatic heterocycles. The van der Waals surface area contributed by atoms with E-state index in [1.165, 1.54) is 0 Å². The van der Waals surface area contributed by atoms with Crippen LogP contribution in [0, 0.1) is 0 Å². The zero-order chi connectivity index (χ0) is 22.7. The molecule has 2 aliphatic heterocycles. The second kappa shape index (κ2) is 9.27. The van der Waals surface area contributed by atoms with Crippen molar-refractivity contribution in [2.24, 2.45) is 0 Å². The van der Waals surface area contributed by atoms with Gasteiger partial charge in [-0.3, -0.25) is 14.5 Å². The van der Waals surface area contributed by atoms with Gasteiger partial charge in [0.2, 0.25) is 17.7 Å². The van der Waals surface area contributed by atoms with Gasteiger partial charge in [0.15, 0.2) is 0 Å². The summed E-state index contributed by atoms with van der Waals surface area (Å²) in [5.41, 5.74) is 0.850. The van der Waals surface area contributed by atoms with Crippen molar-refractivity contribution < 1.29 is 27.2 Å². The molecular weight excluding hydrogens is 427 g/mol. The van der Waals surface area contributed by atoms with E-state index < -0.39 is 24.0 Å². The lowest BCUT2D eigenvalue weighted by molar-refractivity contribution is -0.187. The number of hydrogen-bond acceptors (Lipinski definition) is 6. The van der Waals surface area contributed by atoms with Gasteiger partial charge < -0.3 is 14.2 Å². The Labute approximate surface area is 183 Å². The Balaban J connectivity index is 1.26. The molecule has 11 heteroatoms. The van der Waals surface area contributed by atoms with Crippen LogP contribution < -0.4 is 0 Å². The molecule has 0 N–H and O–H groups in total. The van der Waals surface area contributed by atoms with Crippen LogP contribution in [0.2, 0.25) is 0 Å². The zero-order valence-corrected chi connectivity index (χ0v) is 17.4. The van der Waals surface area contributed by atoms with Crippen LogP contribution in [0.5, 0.6) is 0 Å². The van der Waals surface area contributed by atoms with Gasteiger partial charge >= 0.3 is 12.1 Å². The zero-order valence-electron chi connectivity index (χ0n) is 17.4. The third kappa shape index (κ3) is 4.93. The van der Waals surface area contributed by atoms with Gasteiger partial charge in [-0.15, -0.1) is 10.2 Å². The molecule has 4 rings (SSSR count). The summed E-state index contributed by atoms with van der Waals surface area (Å²) in [7, 11) is 0. The van der Waals surface area contributed by atoms with E-state index >= 15 is 0 Å². The van der Waals surface area contributed by atoms with Crippen molar-refractivity contribution in [2.75, 3.05) is 39.3 Å². The second-order valence-electron chi connectivity index (χ2n) is 7.94. The van der Waals surface area contributed by atoms with E-state index in [1.807, 2.05) is 30.3 Å². The molecule has 0 radical (unpaired) electrons. The van der Waals surface area contributed by atoms with Gasteiger partial charge in [0.1, 0.15) is 6.04 Å². The van der Waals surface area contributed by atoms with Crippen LogP contribution in [-0.2, 0) is 16.0 Å². The number of alkyl halides is 3. The van der Waals surface area contributed by atoms with Gasteiger partial charge in [0, 0.05) is 51.3 Å². The molecule has 0 spiro atoms. The first kappa shape index (κ1) is 22.3. The molecule has 3 heterocycles. The lowest BCUT2D eigenvalue weighted by atomic mass is 10.1. The number of nitrogens with zero attached hydrogens (tertiary/aromatic N) is 5. The minimum atomic E-state index is -4.96. The number of hydrogen-bond donors (Lipinski definition) is 0. The average molecular weight is 451 g/mol. The maximum Gasteiger partial charge on any atom is 0.471 e. The molecule has 1 atom stereocenters. The summed E-state index contributed by atoms with van der Waals surface area (Å²) in [5.74, 6) is -1.34. The number of likely N-dealkylation sites (tertiary alicyclic amines) is 1. The van der Waals surface area contributed by atoms with Crippen LogP contribution in [-0.4, -0.2) is 88.2 Å². The number of carbonyl (C=O) groups is 2. The van der Waals surface area contributed by atoms with Gasteiger partial charge in [0.05, 0.1) is 0 Å². The van der Waals surface area contributed by atoms with E-state index in [2.05, 4.69) is 15.1 Å². The monoisotopic (exact) mass is 451 g/mol. The number of benzene rings is 1. The first-order chi connectivity index (χ1) is 15.3. The van der Waals surface area contributed by atoms with E-state index in [-0.39, 0.29) is 13.0 Å². The Morgan fingerprint density at radius 1 is 1.03 bits per heavy atom. The van der Waals surface area contributed by atoms with E-state index in [1.54, 1.807) is 4.90 Å². The largest absolute Gasteiger partial charge is 0.471 e. The molecule has 2 saturated heterocycles. The number of halogens is 3. The smallest absolute Gasteiger partial charge is 0.421 e. The van der Waals surface area contributed by atoms with Crippen LogP contribution in [0.25, 0.3) is 11.5 Å². The second-order valence-corrected chi connectivity index (χ2v) is 7.94. The highest BCUT2D eigenvalue weighted by Gasteiger charge is 2.48. The van der Waals surface area contributed by atoms with Gasteiger partial charge in [-0.25, -0.2) is 0 Å². The molecule has 1 unspecified atom stereocenters. The molecule has 172 valence electrons. The maximum absolute atomic E-state index is 12.8. The van der Waals surface area contributed by atoms with Crippen LogP contribution >= 0.6 is 0 Å². The fourth-order valence-electron chi connectivity index (χ4n) is 4.14. The molecule has 2 amide bonds. The highest BCUT2D eigenvalue weighted by molar-refractivity contribution is 5.90. The van der Waals surface area contributed by atoms with Crippen molar-refractivity contribution in [3.05, 3.63) is 36.2 Å². The normalized spacial score (nSPS) is 20.0. The number of carbonyl (C=O) groups excluding carboxylic acids is 2. The summed E-state index contributed by atoms with van der Waals surface area (Å²) < 4.78 is 44.1. The molecule has 0 aliphatic carbocycles.